The van der Waals surface area contributed by atoms with Crippen LogP contribution < -0.4 is 0 Å². The van der Waals surface area contributed by atoms with Crippen LogP contribution in [-0.2, 0) is 14.3 Å². The van der Waals surface area contributed by atoms with E-state index in [0.29, 0.717) is 13.2 Å². The van der Waals surface area contributed by atoms with Gasteiger partial charge in [-0.25, -0.2) is 4.79 Å². The van der Waals surface area contributed by atoms with Crippen molar-refractivity contribution >= 4 is 5.97 Å². The molecule has 0 aromatic carbocycles. The summed E-state index contributed by atoms with van der Waals surface area (Å²) in [5, 5.41) is 0. The SMILES string of the molecule is CCCCCCOC(=O)C1(C)CO1. The van der Waals surface area contributed by atoms with Gasteiger partial charge in [-0.05, 0) is 13.3 Å². The van der Waals surface area contributed by atoms with Crippen LogP contribution in [0.4, 0.5) is 0 Å². The highest BCUT2D eigenvalue weighted by molar-refractivity contribution is 5.81. The van der Waals surface area contributed by atoms with E-state index < -0.39 is 5.60 Å². The third-order valence-electron chi connectivity index (χ3n) is 2.24. The van der Waals surface area contributed by atoms with Crippen molar-refractivity contribution in [3.05, 3.63) is 0 Å². The van der Waals surface area contributed by atoms with Gasteiger partial charge in [0.2, 0.25) is 0 Å². The zero-order valence-electron chi connectivity index (χ0n) is 8.47. The molecule has 0 aliphatic carbocycles. The number of hydrogen-bond donors (Lipinski definition) is 0. The van der Waals surface area contributed by atoms with Crippen molar-refractivity contribution in [3.8, 4) is 0 Å². The van der Waals surface area contributed by atoms with Crippen molar-refractivity contribution in [1.29, 1.82) is 0 Å². The summed E-state index contributed by atoms with van der Waals surface area (Å²) in [6, 6.07) is 0. The molecule has 0 N–H and O–H groups in total. The molecule has 0 saturated carbocycles. The van der Waals surface area contributed by atoms with Crippen LogP contribution in [0.3, 0.4) is 0 Å². The third kappa shape index (κ3) is 3.35. The number of carbonyl (C=O) groups excluding carboxylic acids is 1. The van der Waals surface area contributed by atoms with Crippen LogP contribution >= 0.6 is 0 Å². The minimum absolute atomic E-state index is 0.205. The predicted octanol–water partition coefficient (Wildman–Crippen LogP) is 1.90. The largest absolute Gasteiger partial charge is 0.463 e. The summed E-state index contributed by atoms with van der Waals surface area (Å²) in [6.07, 6.45) is 4.52. The van der Waals surface area contributed by atoms with Crippen molar-refractivity contribution in [2.24, 2.45) is 0 Å². The summed E-state index contributed by atoms with van der Waals surface area (Å²) in [6.45, 7) is 4.98. The van der Waals surface area contributed by atoms with Crippen LogP contribution in [0, 0.1) is 0 Å². The van der Waals surface area contributed by atoms with E-state index in [9.17, 15) is 4.79 Å². The Kier molecular flexibility index (Phi) is 3.72. The highest BCUT2D eigenvalue weighted by Gasteiger charge is 2.48. The van der Waals surface area contributed by atoms with Crippen molar-refractivity contribution < 1.29 is 14.3 Å². The number of carbonyl (C=O) groups is 1. The summed E-state index contributed by atoms with van der Waals surface area (Å²) in [7, 11) is 0. The molecule has 3 nitrogen and oxygen atoms in total. The second-order valence-corrected chi connectivity index (χ2v) is 3.72. The number of rotatable bonds is 6. The van der Waals surface area contributed by atoms with Crippen LogP contribution in [-0.4, -0.2) is 24.8 Å². The second kappa shape index (κ2) is 4.61. The minimum atomic E-state index is -0.606. The number of hydrogen-bond acceptors (Lipinski definition) is 3. The van der Waals surface area contributed by atoms with Crippen LogP contribution in [0.1, 0.15) is 39.5 Å². The Morgan fingerprint density at radius 1 is 1.46 bits per heavy atom. The fourth-order valence-electron chi connectivity index (χ4n) is 1.07. The first-order valence-corrected chi connectivity index (χ1v) is 5.00. The van der Waals surface area contributed by atoms with Gasteiger partial charge in [0.05, 0.1) is 13.2 Å². The molecule has 0 aromatic heterocycles. The Balaban J connectivity index is 1.96. The molecule has 13 heavy (non-hydrogen) atoms. The quantitative estimate of drug-likeness (QED) is 0.361. The van der Waals surface area contributed by atoms with Gasteiger partial charge in [-0.1, -0.05) is 26.2 Å². The zero-order valence-corrected chi connectivity index (χ0v) is 8.47. The van der Waals surface area contributed by atoms with Gasteiger partial charge in [0, 0.05) is 0 Å². The van der Waals surface area contributed by atoms with E-state index in [1.807, 2.05) is 0 Å². The molecule has 76 valence electrons. The topological polar surface area (TPSA) is 38.8 Å². The van der Waals surface area contributed by atoms with Gasteiger partial charge in [0.1, 0.15) is 0 Å². The Bertz CT molecular complexity index is 173. The maximum absolute atomic E-state index is 11.2. The number of epoxide rings is 1. The second-order valence-electron chi connectivity index (χ2n) is 3.72. The summed E-state index contributed by atoms with van der Waals surface area (Å²) in [4.78, 5) is 11.2. The van der Waals surface area contributed by atoms with E-state index >= 15 is 0 Å². The molecule has 3 heteroatoms. The predicted molar refractivity (Wildman–Crippen MR) is 49.5 cm³/mol. The molecule has 1 fully saturated rings. The van der Waals surface area contributed by atoms with Gasteiger partial charge >= 0.3 is 5.97 Å². The molecule has 0 amide bonds. The zero-order chi connectivity index (χ0) is 9.73. The number of ether oxygens (including phenoxy) is 2. The van der Waals surface area contributed by atoms with Gasteiger partial charge < -0.3 is 9.47 Å². The van der Waals surface area contributed by atoms with Crippen LogP contribution in [0.25, 0.3) is 0 Å². The van der Waals surface area contributed by atoms with Crippen molar-refractivity contribution in [2.45, 2.75) is 45.1 Å². The van der Waals surface area contributed by atoms with E-state index in [-0.39, 0.29) is 5.97 Å². The van der Waals surface area contributed by atoms with Gasteiger partial charge in [-0.2, -0.15) is 0 Å². The fourth-order valence-corrected chi connectivity index (χ4v) is 1.07. The van der Waals surface area contributed by atoms with Gasteiger partial charge in [-0.3, -0.25) is 0 Å². The lowest BCUT2D eigenvalue weighted by Gasteiger charge is -2.06. The lowest BCUT2D eigenvalue weighted by Crippen LogP contribution is -2.23. The molecule has 0 spiro atoms. The standard InChI is InChI=1S/C10H18O3/c1-3-4-5-6-7-12-9(11)10(2)8-13-10/h3-8H2,1-2H3. The average Bonchev–Trinajstić information content (AvgIpc) is 2.84. The highest BCUT2D eigenvalue weighted by atomic mass is 16.6. The molecule has 0 bridgehead atoms. The summed E-state index contributed by atoms with van der Waals surface area (Å²) in [5.74, 6) is -0.205. The molecule has 1 atom stereocenters. The van der Waals surface area contributed by atoms with E-state index in [4.69, 9.17) is 9.47 Å². The van der Waals surface area contributed by atoms with Crippen molar-refractivity contribution in [2.75, 3.05) is 13.2 Å². The maximum Gasteiger partial charge on any atom is 0.340 e. The molecule has 1 saturated heterocycles. The first-order valence-electron chi connectivity index (χ1n) is 5.00. The Labute approximate surface area is 79.4 Å². The van der Waals surface area contributed by atoms with Gasteiger partial charge in [0.15, 0.2) is 5.60 Å². The summed E-state index contributed by atoms with van der Waals surface area (Å²) >= 11 is 0. The molecule has 1 aliphatic heterocycles. The third-order valence-corrected chi connectivity index (χ3v) is 2.24. The highest BCUT2D eigenvalue weighted by Crippen LogP contribution is 2.27. The first kappa shape index (κ1) is 10.5. The minimum Gasteiger partial charge on any atom is -0.463 e. The Morgan fingerprint density at radius 3 is 2.69 bits per heavy atom. The molecule has 1 heterocycles. The lowest BCUT2D eigenvalue weighted by atomic mass is 10.2. The van der Waals surface area contributed by atoms with E-state index in [1.165, 1.54) is 12.8 Å². The van der Waals surface area contributed by atoms with E-state index in [2.05, 4.69) is 6.92 Å². The molecule has 1 aliphatic rings. The molecular formula is C10H18O3. The lowest BCUT2D eigenvalue weighted by molar-refractivity contribution is -0.149. The molecule has 0 aromatic rings. The number of unbranched alkanes of at least 4 members (excludes halogenated alkanes) is 3. The van der Waals surface area contributed by atoms with Crippen LogP contribution in [0.5, 0.6) is 0 Å². The normalized spacial score (nSPS) is 25.7. The van der Waals surface area contributed by atoms with Crippen molar-refractivity contribution in [1.82, 2.24) is 0 Å². The Morgan fingerprint density at radius 2 is 2.15 bits per heavy atom. The average molecular weight is 186 g/mol. The fraction of sp³-hybridized carbons (Fsp3) is 0.900. The smallest absolute Gasteiger partial charge is 0.340 e. The van der Waals surface area contributed by atoms with Gasteiger partial charge in [-0.15, -0.1) is 0 Å². The van der Waals surface area contributed by atoms with Gasteiger partial charge in [0.25, 0.3) is 0 Å². The maximum atomic E-state index is 11.2. The molecular weight excluding hydrogens is 168 g/mol. The monoisotopic (exact) mass is 186 g/mol. The van der Waals surface area contributed by atoms with E-state index in [1.54, 1.807) is 6.92 Å². The molecule has 1 rings (SSSR count). The summed E-state index contributed by atoms with van der Waals surface area (Å²) < 4.78 is 10.0. The molecule has 0 radical (unpaired) electrons. The summed E-state index contributed by atoms with van der Waals surface area (Å²) in [5.41, 5.74) is -0.606. The number of esters is 1. The Hall–Kier alpha value is -0.570. The molecule has 1 unspecified atom stereocenters. The van der Waals surface area contributed by atoms with Crippen LogP contribution in [0.2, 0.25) is 0 Å². The van der Waals surface area contributed by atoms with E-state index in [0.717, 1.165) is 12.8 Å². The first-order chi connectivity index (χ1) is 6.19. The van der Waals surface area contributed by atoms with Crippen molar-refractivity contribution in [3.63, 3.8) is 0 Å². The van der Waals surface area contributed by atoms with Crippen LogP contribution in [0.15, 0.2) is 0 Å².